The van der Waals surface area contributed by atoms with Crippen LogP contribution >= 0.6 is 0 Å². The molecule has 0 aromatic heterocycles. The van der Waals surface area contributed by atoms with Crippen molar-refractivity contribution in [3.8, 4) is 36.0 Å². The fraction of sp³-hybridized carbons (Fsp3) is 0. The summed E-state index contributed by atoms with van der Waals surface area (Å²) in [6, 6.07) is 20.5. The number of benzene rings is 3. The molecule has 4 N–H and O–H groups in total. The molecule has 0 spiro atoms. The van der Waals surface area contributed by atoms with E-state index >= 15 is 0 Å². The summed E-state index contributed by atoms with van der Waals surface area (Å²) in [5.74, 6) is 15.1. The van der Waals surface area contributed by atoms with Gasteiger partial charge in [0.1, 0.15) is 0 Å². The molecule has 0 fully saturated rings. The Kier molecular flexibility index (Phi) is 4.95. The Morgan fingerprint density at radius 1 is 0.500 bits per heavy atom. The number of nitrogens with two attached hydrogens (primary N) is 2. The Morgan fingerprint density at radius 2 is 0.846 bits per heavy atom. The normalized spacial score (nSPS) is 9.19. The van der Waals surface area contributed by atoms with Crippen LogP contribution in [0.2, 0.25) is 0 Å². The maximum absolute atomic E-state index is 5.69. The molecule has 0 amide bonds. The van der Waals surface area contributed by atoms with Gasteiger partial charge in [-0.25, -0.2) is 0 Å². The van der Waals surface area contributed by atoms with Crippen molar-refractivity contribution in [1.82, 2.24) is 0 Å². The number of terminal acetylenes is 1. The highest BCUT2D eigenvalue weighted by molar-refractivity contribution is 5.55. The van der Waals surface area contributed by atoms with Gasteiger partial charge in [0.15, 0.2) is 0 Å². The van der Waals surface area contributed by atoms with E-state index in [0.29, 0.717) is 11.4 Å². The van der Waals surface area contributed by atoms with Gasteiger partial charge >= 0.3 is 0 Å². The van der Waals surface area contributed by atoms with E-state index in [4.69, 9.17) is 17.9 Å². The monoisotopic (exact) mass is 332 g/mol. The summed E-state index contributed by atoms with van der Waals surface area (Å²) in [4.78, 5) is 0. The van der Waals surface area contributed by atoms with E-state index in [2.05, 4.69) is 29.6 Å². The van der Waals surface area contributed by atoms with Gasteiger partial charge in [-0.2, -0.15) is 0 Å². The van der Waals surface area contributed by atoms with Gasteiger partial charge in [-0.3, -0.25) is 0 Å². The van der Waals surface area contributed by atoms with Crippen molar-refractivity contribution in [2.24, 2.45) is 0 Å². The minimum Gasteiger partial charge on any atom is -0.399 e. The van der Waals surface area contributed by atoms with Gasteiger partial charge in [0.25, 0.3) is 0 Å². The van der Waals surface area contributed by atoms with Crippen molar-refractivity contribution in [2.75, 3.05) is 11.5 Å². The van der Waals surface area contributed by atoms with Crippen LogP contribution in [-0.4, -0.2) is 0 Å². The van der Waals surface area contributed by atoms with Crippen LogP contribution in [-0.2, 0) is 0 Å². The summed E-state index contributed by atoms with van der Waals surface area (Å²) >= 11 is 0. The number of rotatable bonds is 0. The molecule has 0 saturated heterocycles. The van der Waals surface area contributed by atoms with E-state index in [1.807, 2.05) is 66.7 Å². The zero-order valence-corrected chi connectivity index (χ0v) is 14.1. The first-order chi connectivity index (χ1) is 12.6. The molecule has 3 aromatic rings. The highest BCUT2D eigenvalue weighted by Crippen LogP contribution is 2.10. The van der Waals surface area contributed by atoms with Crippen molar-refractivity contribution < 1.29 is 0 Å². The van der Waals surface area contributed by atoms with Crippen LogP contribution in [0.3, 0.4) is 0 Å². The minimum atomic E-state index is 0.713. The van der Waals surface area contributed by atoms with Crippen LogP contribution in [0.15, 0.2) is 66.7 Å². The van der Waals surface area contributed by atoms with Crippen molar-refractivity contribution in [3.63, 3.8) is 0 Å². The van der Waals surface area contributed by atoms with Crippen LogP contribution in [0.1, 0.15) is 27.8 Å². The lowest BCUT2D eigenvalue weighted by atomic mass is 10.1. The molecule has 0 heterocycles. The fourth-order valence-corrected chi connectivity index (χ4v) is 2.28. The van der Waals surface area contributed by atoms with Gasteiger partial charge in [-0.15, -0.1) is 6.42 Å². The Balaban J connectivity index is 1.91. The first-order valence-corrected chi connectivity index (χ1v) is 7.99. The summed E-state index contributed by atoms with van der Waals surface area (Å²) in [6.07, 6.45) is 5.56. The molecular formula is C24H16N2. The standard InChI is InChI=1S/C24H16N2/c1-2-18-15-21(5-3-19-7-11-23(25)12-8-19)17-22(16-18)6-4-20-9-13-24(26)14-10-20/h1,7-17H,25-26H2. The van der Waals surface area contributed by atoms with Gasteiger partial charge < -0.3 is 11.5 Å². The van der Waals surface area contributed by atoms with Gasteiger partial charge in [-0.05, 0) is 66.7 Å². The highest BCUT2D eigenvalue weighted by Gasteiger charge is 1.97. The topological polar surface area (TPSA) is 52.0 Å². The summed E-state index contributed by atoms with van der Waals surface area (Å²) in [7, 11) is 0. The van der Waals surface area contributed by atoms with Crippen LogP contribution in [0.5, 0.6) is 0 Å². The lowest BCUT2D eigenvalue weighted by Crippen LogP contribution is -1.86. The highest BCUT2D eigenvalue weighted by atomic mass is 14.5. The molecule has 0 radical (unpaired) electrons. The second-order valence-electron chi connectivity index (χ2n) is 5.69. The van der Waals surface area contributed by atoms with Crippen LogP contribution in [0.4, 0.5) is 11.4 Å². The largest absolute Gasteiger partial charge is 0.399 e. The van der Waals surface area contributed by atoms with Crippen molar-refractivity contribution >= 4 is 11.4 Å². The zero-order valence-electron chi connectivity index (χ0n) is 14.1. The number of anilines is 2. The molecule has 0 atom stereocenters. The Bertz CT molecular complexity index is 1010. The molecule has 122 valence electrons. The Hall–Kier alpha value is -4.06. The maximum atomic E-state index is 5.69. The van der Waals surface area contributed by atoms with Crippen LogP contribution in [0.25, 0.3) is 0 Å². The van der Waals surface area contributed by atoms with Gasteiger partial charge in [0.2, 0.25) is 0 Å². The van der Waals surface area contributed by atoms with Crippen LogP contribution < -0.4 is 11.5 Å². The second kappa shape index (κ2) is 7.67. The fourth-order valence-electron chi connectivity index (χ4n) is 2.28. The minimum absolute atomic E-state index is 0.713. The third-order valence-corrected chi connectivity index (χ3v) is 3.62. The van der Waals surface area contributed by atoms with E-state index < -0.39 is 0 Å². The molecule has 3 rings (SSSR count). The molecule has 0 saturated carbocycles. The number of hydrogen-bond acceptors (Lipinski definition) is 2. The summed E-state index contributed by atoms with van der Waals surface area (Å²) < 4.78 is 0. The molecular weight excluding hydrogens is 316 g/mol. The summed E-state index contributed by atoms with van der Waals surface area (Å²) in [6.45, 7) is 0. The van der Waals surface area contributed by atoms with E-state index in [-0.39, 0.29) is 0 Å². The maximum Gasteiger partial charge on any atom is 0.0314 e. The zero-order chi connectivity index (χ0) is 18.4. The molecule has 0 aliphatic rings. The van der Waals surface area contributed by atoms with Gasteiger partial charge in [0, 0.05) is 39.2 Å². The van der Waals surface area contributed by atoms with Gasteiger partial charge in [0.05, 0.1) is 0 Å². The second-order valence-corrected chi connectivity index (χ2v) is 5.69. The van der Waals surface area contributed by atoms with Gasteiger partial charge in [-0.1, -0.05) is 29.6 Å². The predicted octanol–water partition coefficient (Wildman–Crippen LogP) is 3.63. The SMILES string of the molecule is C#Cc1cc(C#Cc2ccc(N)cc2)cc(C#Cc2ccc(N)cc2)c1. The molecule has 0 unspecified atom stereocenters. The molecule has 0 bridgehead atoms. The first-order valence-electron chi connectivity index (χ1n) is 7.99. The lowest BCUT2D eigenvalue weighted by molar-refractivity contribution is 1.55. The molecule has 2 heteroatoms. The quantitative estimate of drug-likeness (QED) is 0.488. The molecule has 0 aliphatic carbocycles. The van der Waals surface area contributed by atoms with E-state index in [9.17, 15) is 0 Å². The average molecular weight is 332 g/mol. The smallest absolute Gasteiger partial charge is 0.0314 e. The number of nitrogen functional groups attached to an aromatic ring is 2. The number of hydrogen-bond donors (Lipinski definition) is 2. The molecule has 3 aromatic carbocycles. The average Bonchev–Trinajstić information content (AvgIpc) is 2.67. The Labute approximate surface area is 153 Å². The van der Waals surface area contributed by atoms with Crippen LogP contribution in [0, 0.1) is 36.0 Å². The van der Waals surface area contributed by atoms with Crippen molar-refractivity contribution in [1.29, 1.82) is 0 Å². The van der Waals surface area contributed by atoms with Crippen molar-refractivity contribution in [2.45, 2.75) is 0 Å². The Morgan fingerprint density at radius 3 is 1.23 bits per heavy atom. The predicted molar refractivity (Wildman–Crippen MR) is 108 cm³/mol. The van der Waals surface area contributed by atoms with E-state index in [1.54, 1.807) is 0 Å². The third-order valence-electron chi connectivity index (χ3n) is 3.62. The summed E-state index contributed by atoms with van der Waals surface area (Å²) in [5, 5.41) is 0. The van der Waals surface area contributed by atoms with E-state index in [1.165, 1.54) is 0 Å². The molecule has 26 heavy (non-hydrogen) atoms. The molecule has 0 aliphatic heterocycles. The molecule has 2 nitrogen and oxygen atoms in total. The lowest BCUT2D eigenvalue weighted by Gasteiger charge is -1.98. The first kappa shape index (κ1) is 16.8. The summed E-state index contributed by atoms with van der Waals surface area (Å²) in [5.41, 5.74) is 17.0. The van der Waals surface area contributed by atoms with Crippen molar-refractivity contribution in [3.05, 3.63) is 94.5 Å². The van der Waals surface area contributed by atoms with E-state index in [0.717, 1.165) is 27.8 Å². The third kappa shape index (κ3) is 4.48.